The van der Waals surface area contributed by atoms with Crippen molar-refractivity contribution in [3.05, 3.63) is 34.9 Å². The van der Waals surface area contributed by atoms with E-state index in [0.29, 0.717) is 18.4 Å². The Morgan fingerprint density at radius 2 is 1.86 bits per heavy atom. The standard InChI is InChI=1S/C21H27N3O4/c1-14-7-8-17(11-15(14)2)20(27)23-12-18(25)28-16(3)19(26)24-21(13-22)9-5-4-6-10-21/h7-8,11,16H,4-6,9-10,12H2,1-3H3,(H,23,27)(H,24,26)/t16-/m1/s1. The first-order valence-electron chi connectivity index (χ1n) is 9.54. The van der Waals surface area contributed by atoms with Crippen molar-refractivity contribution in [2.45, 2.75) is 64.5 Å². The Kier molecular flexibility index (Phi) is 7.16. The van der Waals surface area contributed by atoms with Gasteiger partial charge >= 0.3 is 5.97 Å². The highest BCUT2D eigenvalue weighted by atomic mass is 16.5. The predicted octanol–water partition coefficient (Wildman–Crippen LogP) is 2.31. The van der Waals surface area contributed by atoms with E-state index in [9.17, 15) is 19.6 Å². The third-order valence-electron chi connectivity index (χ3n) is 5.12. The molecule has 1 aromatic rings. The molecular formula is C21H27N3O4. The van der Waals surface area contributed by atoms with Crippen LogP contribution in [0.15, 0.2) is 18.2 Å². The lowest BCUT2D eigenvalue weighted by Crippen LogP contribution is -2.52. The average Bonchev–Trinajstić information content (AvgIpc) is 2.68. The number of nitrogens with zero attached hydrogens (tertiary/aromatic N) is 1. The van der Waals surface area contributed by atoms with Crippen LogP contribution in [0.3, 0.4) is 0 Å². The Bertz CT molecular complexity index is 791. The molecule has 0 aromatic heterocycles. The van der Waals surface area contributed by atoms with Crippen LogP contribution in [0.2, 0.25) is 0 Å². The number of amides is 2. The van der Waals surface area contributed by atoms with Crippen molar-refractivity contribution in [1.82, 2.24) is 10.6 Å². The van der Waals surface area contributed by atoms with Gasteiger partial charge in [0.15, 0.2) is 6.10 Å². The van der Waals surface area contributed by atoms with Gasteiger partial charge in [0.25, 0.3) is 11.8 Å². The highest BCUT2D eigenvalue weighted by Crippen LogP contribution is 2.27. The summed E-state index contributed by atoms with van der Waals surface area (Å²) in [5.74, 6) is -1.60. The van der Waals surface area contributed by atoms with Crippen LogP contribution >= 0.6 is 0 Å². The molecule has 0 heterocycles. The summed E-state index contributed by atoms with van der Waals surface area (Å²) in [6, 6.07) is 7.47. The number of hydrogen-bond donors (Lipinski definition) is 2. The zero-order valence-corrected chi connectivity index (χ0v) is 16.6. The summed E-state index contributed by atoms with van der Waals surface area (Å²) in [5.41, 5.74) is 1.63. The van der Waals surface area contributed by atoms with Crippen molar-refractivity contribution in [2.24, 2.45) is 0 Å². The largest absolute Gasteiger partial charge is 0.451 e. The SMILES string of the molecule is Cc1ccc(C(=O)NCC(=O)O[C@H](C)C(=O)NC2(C#N)CCCCC2)cc1C. The lowest BCUT2D eigenvalue weighted by Gasteiger charge is -2.32. The topological polar surface area (TPSA) is 108 Å². The van der Waals surface area contributed by atoms with Gasteiger partial charge in [0.05, 0.1) is 6.07 Å². The molecule has 7 heteroatoms. The molecule has 1 aromatic carbocycles. The van der Waals surface area contributed by atoms with E-state index >= 15 is 0 Å². The van der Waals surface area contributed by atoms with Gasteiger partial charge in [-0.15, -0.1) is 0 Å². The Labute approximate surface area is 165 Å². The molecule has 1 atom stereocenters. The maximum absolute atomic E-state index is 12.3. The molecule has 1 saturated carbocycles. The Morgan fingerprint density at radius 1 is 1.18 bits per heavy atom. The number of nitriles is 1. The van der Waals surface area contributed by atoms with Crippen molar-refractivity contribution in [1.29, 1.82) is 5.26 Å². The molecule has 0 saturated heterocycles. The molecule has 1 aliphatic carbocycles. The first-order valence-corrected chi connectivity index (χ1v) is 9.54. The molecule has 7 nitrogen and oxygen atoms in total. The summed E-state index contributed by atoms with van der Waals surface area (Å²) >= 11 is 0. The van der Waals surface area contributed by atoms with Gasteiger partial charge in [-0.1, -0.05) is 25.3 Å². The van der Waals surface area contributed by atoms with Crippen molar-refractivity contribution < 1.29 is 19.1 Å². The lowest BCUT2D eigenvalue weighted by atomic mass is 9.83. The van der Waals surface area contributed by atoms with Crippen LogP contribution in [0.5, 0.6) is 0 Å². The van der Waals surface area contributed by atoms with Crippen molar-refractivity contribution in [3.8, 4) is 6.07 Å². The van der Waals surface area contributed by atoms with Crippen LogP contribution in [-0.4, -0.2) is 36.0 Å². The summed E-state index contributed by atoms with van der Waals surface area (Å²) < 4.78 is 5.10. The van der Waals surface area contributed by atoms with E-state index in [-0.39, 0.29) is 12.5 Å². The molecule has 0 bridgehead atoms. The second-order valence-corrected chi connectivity index (χ2v) is 7.36. The normalized spacial score (nSPS) is 16.4. The van der Waals surface area contributed by atoms with E-state index in [1.807, 2.05) is 19.9 Å². The average molecular weight is 385 g/mol. The molecule has 1 aliphatic rings. The molecule has 2 rings (SSSR count). The highest BCUT2D eigenvalue weighted by molar-refractivity contribution is 5.96. The number of carbonyl (C=O) groups is 3. The van der Waals surface area contributed by atoms with E-state index in [1.165, 1.54) is 6.92 Å². The number of aryl methyl sites for hydroxylation is 2. The lowest BCUT2D eigenvalue weighted by molar-refractivity contribution is -0.154. The molecule has 150 valence electrons. The summed E-state index contributed by atoms with van der Waals surface area (Å²) in [5, 5.41) is 14.6. The minimum Gasteiger partial charge on any atom is -0.451 e. The van der Waals surface area contributed by atoms with Crippen LogP contribution in [0.4, 0.5) is 0 Å². The minimum absolute atomic E-state index is 0.341. The predicted molar refractivity (Wildman–Crippen MR) is 103 cm³/mol. The van der Waals surface area contributed by atoms with Crippen LogP contribution in [0.25, 0.3) is 0 Å². The monoisotopic (exact) mass is 385 g/mol. The fraction of sp³-hybridized carbons (Fsp3) is 0.524. The van der Waals surface area contributed by atoms with Gasteiger partial charge in [0.2, 0.25) is 0 Å². The molecule has 2 N–H and O–H groups in total. The van der Waals surface area contributed by atoms with Crippen LogP contribution in [0.1, 0.15) is 60.5 Å². The number of carbonyl (C=O) groups excluding carboxylic acids is 3. The number of ether oxygens (including phenoxy) is 1. The van der Waals surface area contributed by atoms with E-state index in [1.54, 1.807) is 12.1 Å². The Morgan fingerprint density at radius 3 is 2.46 bits per heavy atom. The Balaban J connectivity index is 1.83. The molecule has 2 amide bonds. The highest BCUT2D eigenvalue weighted by Gasteiger charge is 2.35. The number of esters is 1. The van der Waals surface area contributed by atoms with Crippen LogP contribution < -0.4 is 10.6 Å². The molecule has 0 unspecified atom stereocenters. The smallest absolute Gasteiger partial charge is 0.326 e. The Hall–Kier alpha value is -2.88. The number of hydrogen-bond acceptors (Lipinski definition) is 5. The van der Waals surface area contributed by atoms with E-state index < -0.39 is 23.5 Å². The molecule has 1 fully saturated rings. The van der Waals surface area contributed by atoms with Crippen molar-refractivity contribution >= 4 is 17.8 Å². The molecule has 0 aliphatic heterocycles. The maximum atomic E-state index is 12.3. The number of benzene rings is 1. The molecule has 0 radical (unpaired) electrons. The number of rotatable bonds is 6. The van der Waals surface area contributed by atoms with E-state index in [0.717, 1.165) is 30.4 Å². The van der Waals surface area contributed by atoms with Gasteiger partial charge in [-0.25, -0.2) is 0 Å². The number of nitrogens with one attached hydrogen (secondary N) is 2. The molecule has 0 spiro atoms. The zero-order chi connectivity index (χ0) is 20.7. The third-order valence-corrected chi connectivity index (χ3v) is 5.12. The van der Waals surface area contributed by atoms with Gasteiger partial charge < -0.3 is 15.4 Å². The summed E-state index contributed by atoms with van der Waals surface area (Å²) in [7, 11) is 0. The minimum atomic E-state index is -1.04. The second-order valence-electron chi connectivity index (χ2n) is 7.36. The van der Waals surface area contributed by atoms with Gasteiger partial charge in [-0.3, -0.25) is 14.4 Å². The quantitative estimate of drug-likeness (QED) is 0.731. The van der Waals surface area contributed by atoms with Crippen LogP contribution in [-0.2, 0) is 14.3 Å². The first kappa shape index (κ1) is 21.4. The second kappa shape index (κ2) is 9.36. The van der Waals surface area contributed by atoms with Crippen LogP contribution in [0, 0.1) is 25.2 Å². The molecule has 28 heavy (non-hydrogen) atoms. The van der Waals surface area contributed by atoms with Gasteiger partial charge in [-0.05, 0) is 56.9 Å². The summed E-state index contributed by atoms with van der Waals surface area (Å²) in [6.07, 6.45) is 2.96. The maximum Gasteiger partial charge on any atom is 0.326 e. The zero-order valence-electron chi connectivity index (χ0n) is 16.6. The van der Waals surface area contributed by atoms with Gasteiger partial charge in [-0.2, -0.15) is 5.26 Å². The summed E-state index contributed by atoms with van der Waals surface area (Å²) in [4.78, 5) is 36.4. The van der Waals surface area contributed by atoms with Gasteiger partial charge in [0.1, 0.15) is 12.1 Å². The van der Waals surface area contributed by atoms with Gasteiger partial charge in [0, 0.05) is 5.56 Å². The van der Waals surface area contributed by atoms with Crippen molar-refractivity contribution in [2.75, 3.05) is 6.54 Å². The molecular weight excluding hydrogens is 358 g/mol. The first-order chi connectivity index (χ1) is 13.3. The van der Waals surface area contributed by atoms with E-state index in [2.05, 4.69) is 16.7 Å². The third kappa shape index (κ3) is 5.56. The fourth-order valence-corrected chi connectivity index (χ4v) is 3.19. The van der Waals surface area contributed by atoms with Crippen molar-refractivity contribution in [3.63, 3.8) is 0 Å². The fourth-order valence-electron chi connectivity index (χ4n) is 3.19. The van der Waals surface area contributed by atoms with E-state index in [4.69, 9.17) is 4.74 Å². The summed E-state index contributed by atoms with van der Waals surface area (Å²) in [6.45, 7) is 4.96.